The summed E-state index contributed by atoms with van der Waals surface area (Å²) in [7, 11) is 0. The Morgan fingerprint density at radius 2 is 1.82 bits per heavy atom. The summed E-state index contributed by atoms with van der Waals surface area (Å²) in [6.07, 6.45) is 2.46. The van der Waals surface area contributed by atoms with E-state index in [4.69, 9.17) is 4.84 Å². The van der Waals surface area contributed by atoms with Crippen molar-refractivity contribution in [3.8, 4) is 0 Å². The molecule has 0 saturated carbocycles. The highest BCUT2D eigenvalue weighted by atomic mass is 16.6. The molecule has 0 bridgehead atoms. The first-order chi connectivity index (χ1) is 5.16. The van der Waals surface area contributed by atoms with Crippen molar-refractivity contribution in [3.63, 3.8) is 0 Å². The Morgan fingerprint density at radius 1 is 1.18 bits per heavy atom. The Hall–Kier alpha value is -0.0800. The van der Waals surface area contributed by atoms with Crippen LogP contribution in [0.5, 0.6) is 0 Å². The molecule has 0 aliphatic heterocycles. The molecule has 0 heterocycles. The lowest BCUT2D eigenvalue weighted by molar-refractivity contribution is 0.0258. The lowest BCUT2D eigenvalue weighted by atomic mass is 10.1. The van der Waals surface area contributed by atoms with E-state index in [1.807, 2.05) is 6.92 Å². The van der Waals surface area contributed by atoms with E-state index in [2.05, 4.69) is 26.3 Å². The molecule has 0 rings (SSSR count). The lowest BCUT2D eigenvalue weighted by Crippen LogP contribution is -2.26. The molecule has 1 N–H and O–H groups in total. The predicted octanol–water partition coefficient (Wildman–Crippen LogP) is 2.35. The van der Waals surface area contributed by atoms with E-state index < -0.39 is 0 Å². The topological polar surface area (TPSA) is 21.3 Å². The van der Waals surface area contributed by atoms with Gasteiger partial charge < -0.3 is 4.84 Å². The maximum absolute atomic E-state index is 5.08. The summed E-state index contributed by atoms with van der Waals surface area (Å²) in [6, 6.07) is 0.484. The number of hydroxylamine groups is 1. The van der Waals surface area contributed by atoms with Crippen LogP contribution in [-0.2, 0) is 4.84 Å². The number of nitrogens with one attached hydrogen (secondary N) is 1. The monoisotopic (exact) mass is 159 g/mol. The SMILES string of the molecule is CCONC(C)CCC(C)C. The van der Waals surface area contributed by atoms with Gasteiger partial charge in [-0.15, -0.1) is 0 Å². The van der Waals surface area contributed by atoms with Gasteiger partial charge in [-0.1, -0.05) is 13.8 Å². The van der Waals surface area contributed by atoms with Gasteiger partial charge in [-0.05, 0) is 32.6 Å². The molecule has 0 aromatic carbocycles. The molecular formula is C9H21NO. The van der Waals surface area contributed by atoms with Crippen LogP contribution in [0.2, 0.25) is 0 Å². The molecule has 2 nitrogen and oxygen atoms in total. The van der Waals surface area contributed by atoms with Gasteiger partial charge in [-0.3, -0.25) is 0 Å². The van der Waals surface area contributed by atoms with Crippen molar-refractivity contribution in [2.75, 3.05) is 6.61 Å². The second-order valence-corrected chi connectivity index (χ2v) is 3.42. The maximum Gasteiger partial charge on any atom is 0.0654 e. The highest BCUT2D eigenvalue weighted by Crippen LogP contribution is 2.05. The van der Waals surface area contributed by atoms with E-state index in [0.29, 0.717) is 6.04 Å². The number of rotatable bonds is 6. The molecule has 0 fully saturated rings. The van der Waals surface area contributed by atoms with Crippen LogP contribution < -0.4 is 5.48 Å². The molecule has 0 aliphatic carbocycles. The van der Waals surface area contributed by atoms with Crippen LogP contribution in [0.4, 0.5) is 0 Å². The van der Waals surface area contributed by atoms with Gasteiger partial charge >= 0.3 is 0 Å². The van der Waals surface area contributed by atoms with Gasteiger partial charge in [-0.2, -0.15) is 5.48 Å². The van der Waals surface area contributed by atoms with Gasteiger partial charge in [0.25, 0.3) is 0 Å². The Labute approximate surface area is 70.3 Å². The number of hydrogen-bond acceptors (Lipinski definition) is 2. The summed E-state index contributed by atoms with van der Waals surface area (Å²) in [5, 5.41) is 0. The second kappa shape index (κ2) is 6.62. The zero-order chi connectivity index (χ0) is 8.69. The molecule has 0 saturated heterocycles. The van der Waals surface area contributed by atoms with Crippen molar-refractivity contribution < 1.29 is 4.84 Å². The largest absolute Gasteiger partial charge is 0.302 e. The first kappa shape index (κ1) is 10.9. The molecule has 0 amide bonds. The average molecular weight is 159 g/mol. The molecule has 1 unspecified atom stereocenters. The van der Waals surface area contributed by atoms with Crippen LogP contribution in [0.3, 0.4) is 0 Å². The molecule has 68 valence electrons. The van der Waals surface area contributed by atoms with Crippen molar-refractivity contribution in [2.24, 2.45) is 5.92 Å². The van der Waals surface area contributed by atoms with E-state index in [-0.39, 0.29) is 0 Å². The molecule has 0 aromatic rings. The summed E-state index contributed by atoms with van der Waals surface area (Å²) < 4.78 is 0. The van der Waals surface area contributed by atoms with Gasteiger partial charge in [-0.25, -0.2) is 0 Å². The third kappa shape index (κ3) is 7.82. The first-order valence-corrected chi connectivity index (χ1v) is 4.54. The minimum atomic E-state index is 0.484. The van der Waals surface area contributed by atoms with Gasteiger partial charge in [0, 0.05) is 6.04 Å². The van der Waals surface area contributed by atoms with Crippen LogP contribution in [0.25, 0.3) is 0 Å². The Morgan fingerprint density at radius 3 is 2.27 bits per heavy atom. The van der Waals surface area contributed by atoms with Gasteiger partial charge in [0.05, 0.1) is 6.61 Å². The molecule has 1 atom stereocenters. The maximum atomic E-state index is 5.08. The standard InChI is InChI=1S/C9H21NO/c1-5-11-10-9(4)7-6-8(2)3/h8-10H,5-7H2,1-4H3. The van der Waals surface area contributed by atoms with Crippen LogP contribution >= 0.6 is 0 Å². The van der Waals surface area contributed by atoms with Crippen molar-refractivity contribution in [1.29, 1.82) is 0 Å². The fourth-order valence-corrected chi connectivity index (χ4v) is 0.868. The molecule has 0 spiro atoms. The van der Waals surface area contributed by atoms with Crippen LogP contribution in [0.15, 0.2) is 0 Å². The minimum absolute atomic E-state index is 0.484. The number of hydrogen-bond donors (Lipinski definition) is 1. The highest BCUT2D eigenvalue weighted by Gasteiger charge is 2.01. The van der Waals surface area contributed by atoms with E-state index in [1.54, 1.807) is 0 Å². The third-order valence-corrected chi connectivity index (χ3v) is 1.61. The highest BCUT2D eigenvalue weighted by molar-refractivity contribution is 4.56. The lowest BCUT2D eigenvalue weighted by Gasteiger charge is -2.13. The third-order valence-electron chi connectivity index (χ3n) is 1.61. The molecular weight excluding hydrogens is 138 g/mol. The summed E-state index contributed by atoms with van der Waals surface area (Å²) in [5.41, 5.74) is 2.99. The molecule has 0 aromatic heterocycles. The van der Waals surface area contributed by atoms with E-state index in [9.17, 15) is 0 Å². The fraction of sp³-hybridized carbons (Fsp3) is 1.00. The summed E-state index contributed by atoms with van der Waals surface area (Å²) in [6.45, 7) is 9.37. The minimum Gasteiger partial charge on any atom is -0.302 e. The predicted molar refractivity (Wildman–Crippen MR) is 48.3 cm³/mol. The molecule has 0 aliphatic rings. The molecule has 11 heavy (non-hydrogen) atoms. The van der Waals surface area contributed by atoms with Crippen molar-refractivity contribution in [2.45, 2.75) is 46.6 Å². The van der Waals surface area contributed by atoms with Crippen LogP contribution in [0.1, 0.15) is 40.5 Å². The normalized spacial score (nSPS) is 13.9. The first-order valence-electron chi connectivity index (χ1n) is 4.54. The van der Waals surface area contributed by atoms with E-state index in [1.165, 1.54) is 12.8 Å². The van der Waals surface area contributed by atoms with Crippen molar-refractivity contribution in [1.82, 2.24) is 5.48 Å². The van der Waals surface area contributed by atoms with E-state index in [0.717, 1.165) is 12.5 Å². The second-order valence-electron chi connectivity index (χ2n) is 3.42. The summed E-state index contributed by atoms with van der Waals surface area (Å²) in [4.78, 5) is 5.08. The van der Waals surface area contributed by atoms with Gasteiger partial charge in [0.15, 0.2) is 0 Å². The zero-order valence-electron chi connectivity index (χ0n) is 8.18. The zero-order valence-corrected chi connectivity index (χ0v) is 8.18. The summed E-state index contributed by atoms with van der Waals surface area (Å²) >= 11 is 0. The smallest absolute Gasteiger partial charge is 0.0654 e. The van der Waals surface area contributed by atoms with Crippen LogP contribution in [0, 0.1) is 5.92 Å². The van der Waals surface area contributed by atoms with Crippen LogP contribution in [-0.4, -0.2) is 12.6 Å². The Kier molecular flexibility index (Phi) is 6.57. The molecule has 0 radical (unpaired) electrons. The summed E-state index contributed by atoms with van der Waals surface area (Å²) in [5.74, 6) is 0.792. The Balaban J connectivity index is 3.15. The average Bonchev–Trinajstić information content (AvgIpc) is 1.97. The Bertz CT molecular complexity index is 83.6. The molecule has 2 heteroatoms. The van der Waals surface area contributed by atoms with Crippen molar-refractivity contribution >= 4 is 0 Å². The van der Waals surface area contributed by atoms with Crippen molar-refractivity contribution in [3.05, 3.63) is 0 Å². The fourth-order valence-electron chi connectivity index (χ4n) is 0.868. The quantitative estimate of drug-likeness (QED) is 0.601. The van der Waals surface area contributed by atoms with Gasteiger partial charge in [0.2, 0.25) is 0 Å². The van der Waals surface area contributed by atoms with Gasteiger partial charge in [0.1, 0.15) is 0 Å². The van der Waals surface area contributed by atoms with E-state index >= 15 is 0 Å².